The minimum Gasteiger partial charge on any atom is -0.444 e. The summed E-state index contributed by atoms with van der Waals surface area (Å²) in [5.74, 6) is 0.240. The number of carbonyl (C=O) groups excluding carboxylic acids is 1. The minimum absolute atomic E-state index is 0.0799. The Kier molecular flexibility index (Phi) is 9.65. The average molecular weight is 594 g/mol. The SMILES string of the molecule is CC(CN(CCCO[Si](C)(C)C(C)(C)C)C(=O)OC(C)(C)C)NS(=O)(=O)c1cccc2c(=O)[nH]cc(C3CC3)c12. The molecule has 1 aliphatic carbocycles. The molecule has 3 rings (SSSR count). The van der Waals surface area contributed by atoms with E-state index in [2.05, 4.69) is 43.6 Å². The number of pyridine rings is 1. The molecule has 1 aromatic carbocycles. The summed E-state index contributed by atoms with van der Waals surface area (Å²) in [6.45, 7) is 19.0. The first-order valence-corrected chi connectivity index (χ1v) is 18.5. The third-order valence-corrected chi connectivity index (χ3v) is 13.7. The number of ether oxygens (including phenoxy) is 1. The molecule has 2 aromatic rings. The molecule has 1 saturated carbocycles. The maximum absolute atomic E-state index is 13.6. The summed E-state index contributed by atoms with van der Waals surface area (Å²) < 4.78 is 41.9. The molecule has 0 bridgehead atoms. The van der Waals surface area contributed by atoms with E-state index in [9.17, 15) is 18.0 Å². The molecule has 9 nitrogen and oxygen atoms in total. The molecule has 1 heterocycles. The number of carbonyl (C=O) groups is 1. The lowest BCUT2D eigenvalue weighted by atomic mass is 10.0. The maximum atomic E-state index is 13.6. The number of benzene rings is 1. The van der Waals surface area contributed by atoms with Crippen molar-refractivity contribution in [2.24, 2.45) is 0 Å². The van der Waals surface area contributed by atoms with Crippen molar-refractivity contribution in [1.82, 2.24) is 14.6 Å². The average Bonchev–Trinajstić information content (AvgIpc) is 3.64. The number of amides is 1. The van der Waals surface area contributed by atoms with Crippen LogP contribution in [0.25, 0.3) is 10.8 Å². The smallest absolute Gasteiger partial charge is 0.410 e. The van der Waals surface area contributed by atoms with Gasteiger partial charge < -0.3 is 19.0 Å². The molecule has 11 heteroatoms. The molecule has 1 amide bonds. The van der Waals surface area contributed by atoms with Gasteiger partial charge in [-0.05, 0) is 88.7 Å². The lowest BCUT2D eigenvalue weighted by Gasteiger charge is -2.36. The predicted molar refractivity (Wildman–Crippen MR) is 162 cm³/mol. The van der Waals surface area contributed by atoms with E-state index >= 15 is 0 Å². The Morgan fingerprint density at radius 1 is 1.18 bits per heavy atom. The number of aromatic nitrogens is 1. The van der Waals surface area contributed by atoms with Gasteiger partial charge in [-0.15, -0.1) is 0 Å². The van der Waals surface area contributed by atoms with E-state index in [1.165, 1.54) is 11.0 Å². The van der Waals surface area contributed by atoms with Gasteiger partial charge >= 0.3 is 6.09 Å². The molecular formula is C29H47N3O6SSi. The Balaban J connectivity index is 1.78. The van der Waals surface area contributed by atoms with Gasteiger partial charge in [-0.1, -0.05) is 26.8 Å². The third-order valence-electron chi connectivity index (χ3n) is 7.57. The fraction of sp³-hybridized carbons (Fsp3) is 0.655. The summed E-state index contributed by atoms with van der Waals surface area (Å²) in [5.41, 5.74) is -0.161. The van der Waals surface area contributed by atoms with E-state index in [1.807, 2.05) is 0 Å². The minimum atomic E-state index is -4.00. The van der Waals surface area contributed by atoms with Gasteiger partial charge in [0.15, 0.2) is 8.32 Å². The van der Waals surface area contributed by atoms with Crippen molar-refractivity contribution in [2.75, 3.05) is 19.7 Å². The number of nitrogens with zero attached hydrogens (tertiary/aromatic N) is 1. The van der Waals surface area contributed by atoms with Crippen LogP contribution in [0.2, 0.25) is 18.1 Å². The number of hydrogen-bond donors (Lipinski definition) is 2. The molecule has 2 N–H and O–H groups in total. The molecule has 0 radical (unpaired) electrons. The lowest BCUT2D eigenvalue weighted by Crippen LogP contribution is -2.46. The molecule has 40 heavy (non-hydrogen) atoms. The van der Waals surface area contributed by atoms with E-state index in [4.69, 9.17) is 9.16 Å². The summed E-state index contributed by atoms with van der Waals surface area (Å²) in [4.78, 5) is 30.0. The van der Waals surface area contributed by atoms with E-state index in [0.29, 0.717) is 30.3 Å². The standard InChI is InChI=1S/C29H47N3O6SSi/c1-20(19-32(27(34)38-28(2,3)4)16-11-17-37-40(8,9)29(5,6)7)31-39(35,36)24-13-10-12-22-25(24)23(21-14-15-21)18-30-26(22)33/h10,12-13,18,20-21,31H,11,14-17,19H2,1-9H3,(H,30,33). The molecule has 0 saturated heterocycles. The van der Waals surface area contributed by atoms with Crippen LogP contribution in [0.5, 0.6) is 0 Å². The zero-order valence-electron chi connectivity index (χ0n) is 25.5. The second-order valence-corrected chi connectivity index (χ2v) is 19.9. The molecule has 1 unspecified atom stereocenters. The molecule has 1 aliphatic rings. The van der Waals surface area contributed by atoms with Crippen LogP contribution >= 0.6 is 0 Å². The van der Waals surface area contributed by atoms with Gasteiger partial charge in [0.2, 0.25) is 10.0 Å². The number of aromatic amines is 1. The summed E-state index contributed by atoms with van der Waals surface area (Å²) in [6, 6.07) is 4.16. The second kappa shape index (κ2) is 12.0. The Bertz CT molecular complexity index is 1370. The Hall–Kier alpha value is -2.21. The molecule has 1 aromatic heterocycles. The van der Waals surface area contributed by atoms with Crippen LogP contribution in [-0.4, -0.2) is 64.1 Å². The van der Waals surface area contributed by atoms with Crippen LogP contribution in [0.15, 0.2) is 34.1 Å². The van der Waals surface area contributed by atoms with E-state index in [-0.39, 0.29) is 28.0 Å². The van der Waals surface area contributed by atoms with E-state index in [0.717, 1.165) is 18.4 Å². The largest absolute Gasteiger partial charge is 0.444 e. The molecule has 0 spiro atoms. The van der Waals surface area contributed by atoms with Crippen molar-refractivity contribution < 1.29 is 22.4 Å². The van der Waals surface area contributed by atoms with Gasteiger partial charge in [0, 0.05) is 42.7 Å². The van der Waals surface area contributed by atoms with Crippen molar-refractivity contribution in [3.05, 3.63) is 40.3 Å². The van der Waals surface area contributed by atoms with Crippen molar-refractivity contribution in [2.45, 2.75) is 108 Å². The third kappa shape index (κ3) is 8.17. The van der Waals surface area contributed by atoms with Gasteiger partial charge in [0.05, 0.1) is 4.90 Å². The lowest BCUT2D eigenvalue weighted by molar-refractivity contribution is 0.0230. The quantitative estimate of drug-likeness (QED) is 0.254. The summed E-state index contributed by atoms with van der Waals surface area (Å²) >= 11 is 0. The van der Waals surface area contributed by atoms with Gasteiger partial charge in [-0.2, -0.15) is 0 Å². The monoisotopic (exact) mass is 593 g/mol. The zero-order valence-corrected chi connectivity index (χ0v) is 27.3. The van der Waals surface area contributed by atoms with Gasteiger partial charge in [0.25, 0.3) is 5.56 Å². The first-order chi connectivity index (χ1) is 18.3. The van der Waals surface area contributed by atoms with Gasteiger partial charge in [-0.3, -0.25) is 4.79 Å². The fourth-order valence-corrected chi connectivity index (χ4v) is 6.90. The van der Waals surface area contributed by atoms with Crippen LogP contribution in [0, 0.1) is 0 Å². The molecule has 0 aliphatic heterocycles. The van der Waals surface area contributed by atoms with Gasteiger partial charge in [0.1, 0.15) is 5.60 Å². The van der Waals surface area contributed by atoms with Crippen molar-refractivity contribution in [3.63, 3.8) is 0 Å². The van der Waals surface area contributed by atoms with Crippen LogP contribution < -0.4 is 10.3 Å². The van der Waals surface area contributed by atoms with Crippen molar-refractivity contribution in [1.29, 1.82) is 0 Å². The Morgan fingerprint density at radius 2 is 1.82 bits per heavy atom. The number of rotatable bonds is 11. The highest BCUT2D eigenvalue weighted by Gasteiger charge is 2.37. The summed E-state index contributed by atoms with van der Waals surface area (Å²) in [6.07, 6.45) is 3.66. The van der Waals surface area contributed by atoms with Crippen molar-refractivity contribution >= 4 is 35.2 Å². The number of fused-ring (bicyclic) bond motifs is 1. The van der Waals surface area contributed by atoms with Crippen LogP contribution in [0.1, 0.15) is 79.2 Å². The first kappa shape index (κ1) is 32.3. The second-order valence-electron chi connectivity index (χ2n) is 13.4. The maximum Gasteiger partial charge on any atom is 0.410 e. The topological polar surface area (TPSA) is 118 Å². The normalized spacial score (nSPS) is 15.7. The number of nitrogens with one attached hydrogen (secondary N) is 2. The Labute approximate surface area is 240 Å². The summed E-state index contributed by atoms with van der Waals surface area (Å²) in [7, 11) is -5.93. The molecule has 224 valence electrons. The molecule has 1 atom stereocenters. The first-order valence-electron chi connectivity index (χ1n) is 14.1. The predicted octanol–water partition coefficient (Wildman–Crippen LogP) is 5.72. The highest BCUT2D eigenvalue weighted by molar-refractivity contribution is 7.89. The summed E-state index contributed by atoms with van der Waals surface area (Å²) in [5, 5.41) is 0.911. The molecular weight excluding hydrogens is 546 g/mol. The van der Waals surface area contributed by atoms with E-state index < -0.39 is 36.1 Å². The fourth-order valence-electron chi connectivity index (χ4n) is 4.33. The number of H-pyrrole nitrogens is 1. The van der Waals surface area contributed by atoms with Gasteiger partial charge in [-0.25, -0.2) is 17.9 Å². The number of sulfonamides is 1. The van der Waals surface area contributed by atoms with E-state index in [1.54, 1.807) is 46.0 Å². The van der Waals surface area contributed by atoms with Crippen LogP contribution in [-0.2, 0) is 19.2 Å². The van der Waals surface area contributed by atoms with Crippen LogP contribution in [0.4, 0.5) is 4.79 Å². The number of hydrogen-bond acceptors (Lipinski definition) is 6. The van der Waals surface area contributed by atoms with Crippen molar-refractivity contribution in [3.8, 4) is 0 Å². The highest BCUT2D eigenvalue weighted by Crippen LogP contribution is 2.43. The van der Waals surface area contributed by atoms with Crippen LogP contribution in [0.3, 0.4) is 0 Å². The molecule has 1 fully saturated rings. The highest BCUT2D eigenvalue weighted by atomic mass is 32.2. The zero-order chi connectivity index (χ0) is 30.1. The Morgan fingerprint density at radius 3 is 2.40 bits per heavy atom.